The number of alkyl halides is 1. The number of Topliss-reactive ketones (excluding diaryl/α,β-unsaturated/α-hetero) is 1. The minimum atomic E-state index is -1.81. The second kappa shape index (κ2) is 4.62. The second-order valence-corrected chi connectivity index (χ2v) is 5.13. The Morgan fingerprint density at radius 3 is 2.60 bits per heavy atom. The van der Waals surface area contributed by atoms with E-state index in [4.69, 9.17) is 11.6 Å². The van der Waals surface area contributed by atoms with Gasteiger partial charge in [-0.1, -0.05) is 33.6 Å². The number of rotatable bonds is 3. The molecule has 1 nitrogen and oxygen atoms in total. The average Bonchev–Trinajstić information content (AvgIpc) is 2.08. The van der Waals surface area contributed by atoms with E-state index in [1.54, 1.807) is 18.2 Å². The van der Waals surface area contributed by atoms with E-state index >= 15 is 0 Å². The lowest BCUT2D eigenvalue weighted by molar-refractivity contribution is -0.127. The molecule has 0 atom stereocenters. The van der Waals surface area contributed by atoms with E-state index in [9.17, 15) is 9.18 Å². The lowest BCUT2D eigenvalue weighted by Crippen LogP contribution is -2.27. The van der Waals surface area contributed by atoms with Crippen molar-refractivity contribution >= 4 is 33.3 Å². The van der Waals surface area contributed by atoms with E-state index in [0.29, 0.717) is 10.6 Å². The average molecular weight is 294 g/mol. The number of benzene rings is 1. The molecule has 1 aromatic rings. The minimum absolute atomic E-state index is 0.0234. The van der Waals surface area contributed by atoms with Crippen LogP contribution >= 0.6 is 27.5 Å². The van der Waals surface area contributed by atoms with Crippen LogP contribution in [0.1, 0.15) is 19.4 Å². The van der Waals surface area contributed by atoms with Crippen LogP contribution in [0.2, 0.25) is 5.02 Å². The molecule has 0 unspecified atom stereocenters. The molecule has 0 saturated heterocycles. The summed E-state index contributed by atoms with van der Waals surface area (Å²) in [6.45, 7) is 2.50. The lowest BCUT2D eigenvalue weighted by atomic mass is 9.99. The fraction of sp³-hybridized carbons (Fsp3) is 0.364. The van der Waals surface area contributed by atoms with Crippen LogP contribution in [0.15, 0.2) is 22.7 Å². The van der Waals surface area contributed by atoms with Gasteiger partial charge in [-0.25, -0.2) is 4.39 Å². The van der Waals surface area contributed by atoms with Gasteiger partial charge in [-0.05, 0) is 31.5 Å². The lowest BCUT2D eigenvalue weighted by Gasteiger charge is -2.13. The van der Waals surface area contributed by atoms with Crippen molar-refractivity contribution in [3.05, 3.63) is 33.3 Å². The molecular formula is C11H11BrClFO. The van der Waals surface area contributed by atoms with Gasteiger partial charge in [0.15, 0.2) is 11.5 Å². The van der Waals surface area contributed by atoms with Crippen molar-refractivity contribution < 1.29 is 9.18 Å². The van der Waals surface area contributed by atoms with Gasteiger partial charge in [-0.15, -0.1) is 0 Å². The molecular weight excluding hydrogens is 282 g/mol. The topological polar surface area (TPSA) is 17.1 Å². The van der Waals surface area contributed by atoms with Crippen LogP contribution in [0.3, 0.4) is 0 Å². The fourth-order valence-electron chi connectivity index (χ4n) is 1.05. The molecule has 0 heterocycles. The summed E-state index contributed by atoms with van der Waals surface area (Å²) in [6.07, 6.45) is 0.0234. The predicted molar refractivity (Wildman–Crippen MR) is 63.1 cm³/mol. The zero-order chi connectivity index (χ0) is 11.6. The van der Waals surface area contributed by atoms with Gasteiger partial charge in [-0.2, -0.15) is 0 Å². The summed E-state index contributed by atoms with van der Waals surface area (Å²) < 4.78 is 14.1. The molecule has 4 heteroatoms. The molecule has 0 saturated carbocycles. The van der Waals surface area contributed by atoms with Gasteiger partial charge in [0, 0.05) is 15.9 Å². The molecule has 0 aliphatic heterocycles. The Morgan fingerprint density at radius 2 is 2.13 bits per heavy atom. The maximum Gasteiger partial charge on any atom is 0.173 e. The predicted octanol–water partition coefficient (Wildman–Crippen LogP) is 3.96. The van der Waals surface area contributed by atoms with Gasteiger partial charge in [0.1, 0.15) is 0 Å². The number of carbonyl (C=O) groups is 1. The molecule has 0 aliphatic rings. The van der Waals surface area contributed by atoms with E-state index in [-0.39, 0.29) is 6.42 Å². The third-order valence-electron chi connectivity index (χ3n) is 2.03. The Hall–Kier alpha value is -0.410. The van der Waals surface area contributed by atoms with Crippen molar-refractivity contribution in [1.29, 1.82) is 0 Å². The molecule has 0 radical (unpaired) electrons. The SMILES string of the molecule is CC(C)(F)C(=O)Cc1ccc(Br)cc1Cl. The highest BCUT2D eigenvalue weighted by molar-refractivity contribution is 9.10. The smallest absolute Gasteiger partial charge is 0.173 e. The normalized spacial score (nSPS) is 11.5. The quantitative estimate of drug-likeness (QED) is 0.824. The standard InChI is InChI=1S/C11H11BrClFO/c1-11(2,14)10(15)5-7-3-4-8(12)6-9(7)13/h3-4,6H,5H2,1-2H3. The van der Waals surface area contributed by atoms with Crippen LogP contribution in [0, 0.1) is 0 Å². The largest absolute Gasteiger partial charge is 0.296 e. The molecule has 0 amide bonds. The molecule has 1 aromatic carbocycles. The Kier molecular flexibility index (Phi) is 3.90. The van der Waals surface area contributed by atoms with Gasteiger partial charge >= 0.3 is 0 Å². The van der Waals surface area contributed by atoms with E-state index in [1.807, 2.05) is 0 Å². The zero-order valence-electron chi connectivity index (χ0n) is 8.48. The molecule has 0 aliphatic carbocycles. The van der Waals surface area contributed by atoms with Crippen molar-refractivity contribution in [2.24, 2.45) is 0 Å². The van der Waals surface area contributed by atoms with Crippen molar-refractivity contribution in [2.75, 3.05) is 0 Å². The highest BCUT2D eigenvalue weighted by Crippen LogP contribution is 2.23. The van der Waals surface area contributed by atoms with E-state index in [0.717, 1.165) is 4.47 Å². The number of hydrogen-bond acceptors (Lipinski definition) is 1. The number of carbonyl (C=O) groups excluding carboxylic acids is 1. The van der Waals surface area contributed by atoms with Crippen LogP contribution in [-0.2, 0) is 11.2 Å². The maximum absolute atomic E-state index is 13.3. The van der Waals surface area contributed by atoms with Crippen molar-refractivity contribution in [3.8, 4) is 0 Å². The second-order valence-electron chi connectivity index (χ2n) is 3.81. The van der Waals surface area contributed by atoms with Gasteiger partial charge in [0.2, 0.25) is 0 Å². The van der Waals surface area contributed by atoms with Crippen molar-refractivity contribution in [1.82, 2.24) is 0 Å². The van der Waals surface area contributed by atoms with Gasteiger partial charge < -0.3 is 0 Å². The number of hydrogen-bond donors (Lipinski definition) is 0. The zero-order valence-corrected chi connectivity index (χ0v) is 10.8. The number of ketones is 1. The summed E-state index contributed by atoms with van der Waals surface area (Å²) in [4.78, 5) is 11.4. The van der Waals surface area contributed by atoms with Crippen molar-refractivity contribution in [2.45, 2.75) is 25.9 Å². The Morgan fingerprint density at radius 1 is 1.53 bits per heavy atom. The fourth-order valence-corrected chi connectivity index (χ4v) is 1.79. The third-order valence-corrected chi connectivity index (χ3v) is 2.87. The summed E-state index contributed by atoms with van der Waals surface area (Å²) in [5.41, 5.74) is -1.16. The summed E-state index contributed by atoms with van der Waals surface area (Å²) in [6, 6.07) is 5.19. The molecule has 0 bridgehead atoms. The van der Waals surface area contributed by atoms with Gasteiger partial charge in [0.25, 0.3) is 0 Å². The first-order valence-corrected chi connectivity index (χ1v) is 5.64. The molecule has 0 spiro atoms. The van der Waals surface area contributed by atoms with E-state index in [1.165, 1.54) is 13.8 Å². The third kappa shape index (κ3) is 3.58. The molecule has 82 valence electrons. The Bertz CT molecular complexity index is 385. The van der Waals surface area contributed by atoms with Gasteiger partial charge in [0.05, 0.1) is 0 Å². The minimum Gasteiger partial charge on any atom is -0.296 e. The van der Waals surface area contributed by atoms with E-state index < -0.39 is 11.5 Å². The summed E-state index contributed by atoms with van der Waals surface area (Å²) in [7, 11) is 0. The highest BCUT2D eigenvalue weighted by atomic mass is 79.9. The number of halogens is 3. The first kappa shape index (κ1) is 12.7. The monoisotopic (exact) mass is 292 g/mol. The van der Waals surface area contributed by atoms with Crippen LogP contribution in [-0.4, -0.2) is 11.5 Å². The molecule has 0 aromatic heterocycles. The summed E-state index contributed by atoms with van der Waals surface area (Å²) in [5.74, 6) is -0.466. The first-order valence-electron chi connectivity index (χ1n) is 4.47. The maximum atomic E-state index is 13.3. The Labute approximate surface area is 102 Å². The van der Waals surface area contributed by atoms with E-state index in [2.05, 4.69) is 15.9 Å². The molecule has 1 rings (SSSR count). The summed E-state index contributed by atoms with van der Waals surface area (Å²) >= 11 is 9.18. The van der Waals surface area contributed by atoms with Crippen LogP contribution in [0.25, 0.3) is 0 Å². The van der Waals surface area contributed by atoms with Crippen molar-refractivity contribution in [3.63, 3.8) is 0 Å². The summed E-state index contributed by atoms with van der Waals surface area (Å²) in [5, 5.41) is 0.474. The highest BCUT2D eigenvalue weighted by Gasteiger charge is 2.26. The van der Waals surface area contributed by atoms with Crippen LogP contribution in [0.5, 0.6) is 0 Å². The van der Waals surface area contributed by atoms with Crippen LogP contribution < -0.4 is 0 Å². The molecule has 15 heavy (non-hydrogen) atoms. The molecule has 0 fully saturated rings. The Balaban J connectivity index is 2.87. The van der Waals surface area contributed by atoms with Crippen LogP contribution in [0.4, 0.5) is 4.39 Å². The molecule has 0 N–H and O–H groups in total. The first-order chi connectivity index (χ1) is 6.80. The van der Waals surface area contributed by atoms with Gasteiger partial charge in [-0.3, -0.25) is 4.79 Å².